The van der Waals surface area contributed by atoms with E-state index in [1.807, 2.05) is 0 Å². The van der Waals surface area contributed by atoms with Crippen molar-refractivity contribution in [3.05, 3.63) is 0 Å². The summed E-state index contributed by atoms with van der Waals surface area (Å²) in [5, 5.41) is 16.0. The molecule has 0 spiro atoms. The van der Waals surface area contributed by atoms with Crippen molar-refractivity contribution < 1.29 is 44.9 Å². The van der Waals surface area contributed by atoms with Crippen LogP contribution < -0.4 is 0 Å². The average Bonchev–Trinajstić information content (AvgIpc) is 2.59. The Morgan fingerprint density at radius 2 is 1.19 bits per heavy atom. The molecule has 0 atom stereocenters. The molecular weight excluding hydrogens is 431 g/mol. The van der Waals surface area contributed by atoms with E-state index in [0.717, 1.165) is 77.4 Å². The fourth-order valence-corrected chi connectivity index (χ4v) is 3.90. The molecular formula is C18H34N2O5Pd. The number of hydrogen-bond acceptors (Lipinski definition) is 6. The molecule has 2 N–H and O–H groups in total. The summed E-state index contributed by atoms with van der Waals surface area (Å²) >= 11 is 0. The van der Waals surface area contributed by atoms with Gasteiger partial charge in [0.05, 0.1) is 32.5 Å². The predicted octanol–water partition coefficient (Wildman–Crippen LogP) is 0.657. The van der Waals surface area contributed by atoms with E-state index in [-0.39, 0.29) is 33.0 Å². The number of morpholine rings is 2. The predicted molar refractivity (Wildman–Crippen MR) is 94.7 cm³/mol. The zero-order valence-electron chi connectivity index (χ0n) is 15.7. The van der Waals surface area contributed by atoms with Crippen LogP contribution in [0.25, 0.3) is 0 Å². The van der Waals surface area contributed by atoms with Crippen LogP contribution in [-0.2, 0) is 34.7 Å². The summed E-state index contributed by atoms with van der Waals surface area (Å²) in [6.45, 7) is 10.2. The first kappa shape index (κ1) is 24.0. The van der Waals surface area contributed by atoms with Crippen LogP contribution in [0.5, 0.6) is 0 Å². The molecule has 4 rings (SSSR count). The normalized spacial score (nSPS) is 34.4. The maximum absolute atomic E-state index is 9.09. The summed E-state index contributed by atoms with van der Waals surface area (Å²) in [6, 6.07) is 1.54. The molecule has 156 valence electrons. The first-order chi connectivity index (χ1) is 12.1. The van der Waals surface area contributed by atoms with Gasteiger partial charge in [-0.3, -0.25) is 14.6 Å². The van der Waals surface area contributed by atoms with Crippen LogP contribution in [0.3, 0.4) is 0 Å². The van der Waals surface area contributed by atoms with Crippen molar-refractivity contribution in [1.29, 1.82) is 0 Å². The topological polar surface area (TPSA) is 82.5 Å². The zero-order chi connectivity index (χ0) is 18.1. The van der Waals surface area contributed by atoms with E-state index in [2.05, 4.69) is 16.7 Å². The van der Waals surface area contributed by atoms with Crippen LogP contribution in [0.1, 0.15) is 32.6 Å². The second kappa shape index (κ2) is 13.2. The number of aliphatic hydroxyl groups excluding tert-OH is 1. The summed E-state index contributed by atoms with van der Waals surface area (Å²) in [6.07, 6.45) is 4.75. The van der Waals surface area contributed by atoms with Gasteiger partial charge in [-0.25, -0.2) is 0 Å². The van der Waals surface area contributed by atoms with Gasteiger partial charge in [-0.1, -0.05) is 6.92 Å². The second-order valence-corrected chi connectivity index (χ2v) is 7.41. The van der Waals surface area contributed by atoms with Crippen LogP contribution in [0, 0.1) is 5.92 Å². The molecule has 8 heteroatoms. The molecule has 0 bridgehead atoms. The molecule has 4 fully saturated rings. The molecule has 2 saturated carbocycles. The quantitative estimate of drug-likeness (QED) is 0.459. The summed E-state index contributed by atoms with van der Waals surface area (Å²) in [5.41, 5.74) is 0. The molecule has 2 heterocycles. The third-order valence-corrected chi connectivity index (χ3v) is 5.56. The third kappa shape index (κ3) is 7.89. The first-order valence-corrected chi connectivity index (χ1v) is 9.53. The van der Waals surface area contributed by atoms with Gasteiger partial charge in [-0.15, -0.1) is 0 Å². The van der Waals surface area contributed by atoms with Crippen LogP contribution in [0.4, 0.5) is 0 Å². The smallest absolute Gasteiger partial charge is 0.290 e. The zero-order valence-corrected chi connectivity index (χ0v) is 17.3. The minimum Gasteiger partial charge on any atom is -0.483 e. The van der Waals surface area contributed by atoms with E-state index in [9.17, 15) is 0 Å². The van der Waals surface area contributed by atoms with Gasteiger partial charge in [-0.05, 0) is 31.6 Å². The summed E-state index contributed by atoms with van der Waals surface area (Å²) < 4.78 is 10.5. The number of rotatable bonds is 2. The Bertz CT molecular complexity index is 335. The molecule has 2 aliphatic carbocycles. The third-order valence-electron chi connectivity index (χ3n) is 5.56. The van der Waals surface area contributed by atoms with Crippen molar-refractivity contribution in [2.24, 2.45) is 5.92 Å². The van der Waals surface area contributed by atoms with Crippen molar-refractivity contribution in [3.8, 4) is 0 Å². The van der Waals surface area contributed by atoms with E-state index >= 15 is 0 Å². The van der Waals surface area contributed by atoms with Gasteiger partial charge in [0.1, 0.15) is 0 Å². The fraction of sp³-hybridized carbons (Fsp3) is 0.944. The summed E-state index contributed by atoms with van der Waals surface area (Å²) in [7, 11) is 0. The molecule has 2 aliphatic heterocycles. The van der Waals surface area contributed by atoms with E-state index in [4.69, 9.17) is 24.5 Å². The van der Waals surface area contributed by atoms with Crippen molar-refractivity contribution >= 4 is 6.47 Å². The Morgan fingerprint density at radius 1 is 0.846 bits per heavy atom. The van der Waals surface area contributed by atoms with E-state index < -0.39 is 0 Å². The van der Waals surface area contributed by atoms with Gasteiger partial charge in [0.2, 0.25) is 0 Å². The standard InChI is InChI=1S/C9H17NO.C8H15NO2.CH2O2.Pd/c1-8-6-9(7-8)10-2-4-11-5-3-10;10-8-5-7(6-8)9-1-3-11-4-2-9;2-1-3;/h8-9H,2-7H2,1H3;7-8,10H,1-6H2;1H,(H,2,3);. The van der Waals surface area contributed by atoms with Crippen molar-refractivity contribution in [2.45, 2.75) is 50.8 Å². The van der Waals surface area contributed by atoms with Crippen LogP contribution >= 0.6 is 0 Å². The van der Waals surface area contributed by atoms with Gasteiger partial charge < -0.3 is 19.7 Å². The Labute approximate surface area is 170 Å². The Hall–Kier alpha value is -0.0677. The van der Waals surface area contributed by atoms with E-state index in [0.29, 0.717) is 6.04 Å². The van der Waals surface area contributed by atoms with Gasteiger partial charge in [0.15, 0.2) is 0 Å². The maximum atomic E-state index is 9.09. The largest absolute Gasteiger partial charge is 0.483 e. The number of nitrogens with zero attached hydrogens (tertiary/aromatic N) is 2. The monoisotopic (exact) mass is 464 g/mol. The van der Waals surface area contributed by atoms with Crippen LogP contribution in [0.2, 0.25) is 0 Å². The molecule has 0 aromatic heterocycles. The minimum atomic E-state index is -0.250. The molecule has 2 saturated heterocycles. The molecule has 0 radical (unpaired) electrons. The van der Waals surface area contributed by atoms with Crippen LogP contribution in [-0.4, -0.2) is 97.3 Å². The number of carbonyl (C=O) groups is 1. The number of hydrogen-bond donors (Lipinski definition) is 2. The summed E-state index contributed by atoms with van der Waals surface area (Å²) in [4.78, 5) is 13.4. The van der Waals surface area contributed by atoms with Gasteiger partial charge in [0.25, 0.3) is 6.47 Å². The van der Waals surface area contributed by atoms with Crippen LogP contribution in [0.15, 0.2) is 0 Å². The molecule has 7 nitrogen and oxygen atoms in total. The SMILES string of the molecule is CC1CC(N2CCOCC2)C1.O=CO.OC1CC(N2CCOCC2)C1.[Pd]. The maximum Gasteiger partial charge on any atom is 0.290 e. The molecule has 0 amide bonds. The molecule has 0 aromatic carbocycles. The second-order valence-electron chi connectivity index (χ2n) is 7.41. The Kier molecular flexibility index (Phi) is 12.1. The molecule has 0 aromatic rings. The number of carboxylic acid groups (broad SMARTS) is 1. The number of aliphatic hydroxyl groups is 1. The van der Waals surface area contributed by atoms with Gasteiger partial charge >= 0.3 is 0 Å². The summed E-state index contributed by atoms with van der Waals surface area (Å²) in [5.74, 6) is 0.975. The Morgan fingerprint density at radius 3 is 1.50 bits per heavy atom. The first-order valence-electron chi connectivity index (χ1n) is 9.53. The Balaban J connectivity index is 0.000000219. The molecule has 0 unspecified atom stereocenters. The van der Waals surface area contributed by atoms with Crippen molar-refractivity contribution in [1.82, 2.24) is 9.80 Å². The van der Waals surface area contributed by atoms with E-state index in [1.54, 1.807) is 0 Å². The average molecular weight is 465 g/mol. The van der Waals surface area contributed by atoms with E-state index in [1.165, 1.54) is 12.8 Å². The molecule has 4 aliphatic rings. The fourth-order valence-electron chi connectivity index (χ4n) is 3.90. The molecule has 26 heavy (non-hydrogen) atoms. The van der Waals surface area contributed by atoms with Gasteiger partial charge in [-0.2, -0.15) is 0 Å². The van der Waals surface area contributed by atoms with Gasteiger partial charge in [0, 0.05) is 58.7 Å². The van der Waals surface area contributed by atoms with Crippen molar-refractivity contribution in [2.75, 3.05) is 52.6 Å². The van der Waals surface area contributed by atoms with Crippen molar-refractivity contribution in [3.63, 3.8) is 0 Å². The minimum absolute atomic E-state index is 0. The number of ether oxygens (including phenoxy) is 2.